The van der Waals surface area contributed by atoms with Crippen LogP contribution in [-0.4, -0.2) is 15.0 Å². The molecule has 0 radical (unpaired) electrons. The van der Waals surface area contributed by atoms with Crippen LogP contribution < -0.4 is 0 Å². The summed E-state index contributed by atoms with van der Waals surface area (Å²) in [6.45, 7) is 0. The molecular formula is C55H35N3O. The van der Waals surface area contributed by atoms with Crippen molar-refractivity contribution in [2.75, 3.05) is 0 Å². The van der Waals surface area contributed by atoms with E-state index in [1.165, 1.54) is 16.3 Å². The van der Waals surface area contributed by atoms with Crippen LogP contribution in [0, 0.1) is 0 Å². The van der Waals surface area contributed by atoms with Crippen molar-refractivity contribution in [3.8, 4) is 78.7 Å². The summed E-state index contributed by atoms with van der Waals surface area (Å²) in [7, 11) is 0. The Kier molecular flexibility index (Phi) is 8.45. The van der Waals surface area contributed by atoms with Gasteiger partial charge in [0.05, 0.1) is 0 Å². The first-order valence-electron chi connectivity index (χ1n) is 19.8. The molecule has 4 heteroatoms. The summed E-state index contributed by atoms with van der Waals surface area (Å²) in [5, 5.41) is 4.63. The van der Waals surface area contributed by atoms with Crippen molar-refractivity contribution < 1.29 is 4.42 Å². The monoisotopic (exact) mass is 753 g/mol. The Morgan fingerprint density at radius 1 is 0.237 bits per heavy atom. The lowest BCUT2D eigenvalue weighted by molar-refractivity contribution is 0.669. The maximum absolute atomic E-state index is 6.27. The molecule has 11 aromatic rings. The highest BCUT2D eigenvalue weighted by Crippen LogP contribution is 2.39. The minimum Gasteiger partial charge on any atom is -0.456 e. The van der Waals surface area contributed by atoms with Crippen LogP contribution in [0.25, 0.3) is 111 Å². The Hall–Kier alpha value is -7.95. The van der Waals surface area contributed by atoms with Gasteiger partial charge in [0.2, 0.25) is 0 Å². The molecule has 0 saturated heterocycles. The number of aromatic nitrogens is 3. The van der Waals surface area contributed by atoms with E-state index in [1.54, 1.807) is 0 Å². The number of furan rings is 1. The molecule has 0 saturated carbocycles. The van der Waals surface area contributed by atoms with Gasteiger partial charge < -0.3 is 4.42 Å². The van der Waals surface area contributed by atoms with E-state index in [4.69, 9.17) is 19.4 Å². The van der Waals surface area contributed by atoms with Crippen molar-refractivity contribution in [2.24, 2.45) is 0 Å². The van der Waals surface area contributed by atoms with E-state index >= 15 is 0 Å². The van der Waals surface area contributed by atoms with E-state index in [-0.39, 0.29) is 0 Å². The van der Waals surface area contributed by atoms with Gasteiger partial charge in [0, 0.05) is 27.5 Å². The van der Waals surface area contributed by atoms with Crippen molar-refractivity contribution >= 4 is 32.7 Å². The van der Waals surface area contributed by atoms with Crippen molar-refractivity contribution in [3.05, 3.63) is 212 Å². The minimum atomic E-state index is 0.616. The molecule has 11 rings (SSSR count). The largest absolute Gasteiger partial charge is 0.456 e. The van der Waals surface area contributed by atoms with Crippen molar-refractivity contribution in [1.82, 2.24) is 15.0 Å². The van der Waals surface area contributed by atoms with Gasteiger partial charge in [-0.1, -0.05) is 188 Å². The quantitative estimate of drug-likeness (QED) is 0.163. The van der Waals surface area contributed by atoms with Crippen LogP contribution in [0.1, 0.15) is 0 Å². The maximum Gasteiger partial charge on any atom is 0.164 e. The molecule has 2 heterocycles. The SMILES string of the molecule is c1ccc(-c2cccc(-c3nc(-c4ccc(-c5ccc(-c6ccc7c(c6)oc6ccccc67)c6ccccc56)cc4)nc(-c4ccccc4-c4ccccc4)n3)c2)cc1. The Balaban J connectivity index is 1.00. The first-order valence-corrected chi connectivity index (χ1v) is 19.8. The molecule has 0 aliphatic rings. The Bertz CT molecular complexity index is 3320. The summed E-state index contributed by atoms with van der Waals surface area (Å²) in [5.74, 6) is 1.86. The molecule has 4 nitrogen and oxygen atoms in total. The molecule has 0 spiro atoms. The minimum absolute atomic E-state index is 0.616. The van der Waals surface area contributed by atoms with Gasteiger partial charge in [-0.3, -0.25) is 0 Å². The Morgan fingerprint density at radius 2 is 0.729 bits per heavy atom. The highest BCUT2D eigenvalue weighted by atomic mass is 16.3. The third-order valence-corrected chi connectivity index (χ3v) is 11.2. The number of para-hydroxylation sites is 1. The van der Waals surface area contributed by atoms with Gasteiger partial charge in [0.25, 0.3) is 0 Å². The summed E-state index contributed by atoms with van der Waals surface area (Å²) >= 11 is 0. The van der Waals surface area contributed by atoms with E-state index in [9.17, 15) is 0 Å². The molecule has 0 atom stereocenters. The molecule has 0 N–H and O–H groups in total. The van der Waals surface area contributed by atoms with Gasteiger partial charge >= 0.3 is 0 Å². The van der Waals surface area contributed by atoms with Crippen LogP contribution in [0.3, 0.4) is 0 Å². The fourth-order valence-electron chi connectivity index (χ4n) is 8.27. The zero-order valence-corrected chi connectivity index (χ0v) is 32.0. The van der Waals surface area contributed by atoms with Gasteiger partial charge in [0.15, 0.2) is 17.5 Å². The molecule has 0 bridgehead atoms. The van der Waals surface area contributed by atoms with E-state index < -0.39 is 0 Å². The van der Waals surface area contributed by atoms with Gasteiger partial charge in [-0.2, -0.15) is 0 Å². The molecule has 0 aliphatic carbocycles. The van der Waals surface area contributed by atoms with Crippen molar-refractivity contribution in [3.63, 3.8) is 0 Å². The predicted octanol–water partition coefficient (Wildman–Crippen LogP) is 14.6. The lowest BCUT2D eigenvalue weighted by atomic mass is 9.91. The lowest BCUT2D eigenvalue weighted by Crippen LogP contribution is -2.01. The number of rotatable bonds is 7. The lowest BCUT2D eigenvalue weighted by Gasteiger charge is -2.14. The predicted molar refractivity (Wildman–Crippen MR) is 243 cm³/mol. The number of benzene rings is 9. The molecule has 0 unspecified atom stereocenters. The van der Waals surface area contributed by atoms with E-state index in [0.29, 0.717) is 17.5 Å². The van der Waals surface area contributed by atoms with Gasteiger partial charge in [0.1, 0.15) is 11.2 Å². The van der Waals surface area contributed by atoms with Crippen LogP contribution in [0.4, 0.5) is 0 Å². The van der Waals surface area contributed by atoms with E-state index in [0.717, 1.165) is 77.6 Å². The van der Waals surface area contributed by atoms with Crippen LogP contribution >= 0.6 is 0 Å². The van der Waals surface area contributed by atoms with E-state index in [2.05, 4.69) is 182 Å². The fourth-order valence-corrected chi connectivity index (χ4v) is 8.27. The van der Waals surface area contributed by atoms with Crippen molar-refractivity contribution in [2.45, 2.75) is 0 Å². The smallest absolute Gasteiger partial charge is 0.164 e. The van der Waals surface area contributed by atoms with Gasteiger partial charge in [-0.25, -0.2) is 15.0 Å². The summed E-state index contributed by atoms with van der Waals surface area (Å²) < 4.78 is 6.27. The maximum atomic E-state index is 6.27. The molecule has 59 heavy (non-hydrogen) atoms. The Morgan fingerprint density at radius 3 is 1.47 bits per heavy atom. The van der Waals surface area contributed by atoms with Gasteiger partial charge in [-0.15, -0.1) is 0 Å². The molecule has 9 aromatic carbocycles. The molecule has 2 aromatic heterocycles. The standard InChI is InChI=1S/C55H35N3O/c1-3-14-36(15-4-1)40-18-13-19-42(34-40)54-56-53(57-55(58-54)50-24-10-7-20-43(50)37-16-5-2-6-17-37)39-28-26-38(27-29-39)44-32-33-45(47-22-9-8-21-46(44)47)41-30-31-49-48-23-11-12-25-51(48)59-52(49)35-41/h1-35H. The second-order valence-electron chi connectivity index (χ2n) is 14.8. The highest BCUT2D eigenvalue weighted by Gasteiger charge is 2.17. The first-order chi connectivity index (χ1) is 29.2. The second kappa shape index (κ2) is 14.5. The normalized spacial score (nSPS) is 11.4. The van der Waals surface area contributed by atoms with Crippen molar-refractivity contribution in [1.29, 1.82) is 0 Å². The first kappa shape index (κ1) is 34.3. The number of fused-ring (bicyclic) bond motifs is 4. The third-order valence-electron chi connectivity index (χ3n) is 11.2. The average Bonchev–Trinajstić information content (AvgIpc) is 3.70. The summed E-state index contributed by atoms with van der Waals surface area (Å²) in [6, 6.07) is 74.0. The van der Waals surface area contributed by atoms with Gasteiger partial charge in [-0.05, 0) is 79.5 Å². The zero-order chi connectivity index (χ0) is 39.1. The summed E-state index contributed by atoms with van der Waals surface area (Å²) in [4.78, 5) is 15.5. The molecule has 0 fully saturated rings. The molecule has 0 amide bonds. The average molecular weight is 754 g/mol. The Labute approximate surface area is 341 Å². The van der Waals surface area contributed by atoms with Crippen LogP contribution in [0.2, 0.25) is 0 Å². The second-order valence-corrected chi connectivity index (χ2v) is 14.8. The van der Waals surface area contributed by atoms with Crippen LogP contribution in [0.15, 0.2) is 217 Å². The van der Waals surface area contributed by atoms with Crippen LogP contribution in [-0.2, 0) is 0 Å². The van der Waals surface area contributed by atoms with Crippen LogP contribution in [0.5, 0.6) is 0 Å². The highest BCUT2D eigenvalue weighted by molar-refractivity contribution is 6.09. The van der Waals surface area contributed by atoms with E-state index in [1.807, 2.05) is 30.3 Å². The zero-order valence-electron chi connectivity index (χ0n) is 32.0. The summed E-state index contributed by atoms with van der Waals surface area (Å²) in [6.07, 6.45) is 0. The third kappa shape index (κ3) is 6.34. The fraction of sp³-hybridized carbons (Fsp3) is 0. The molecule has 0 aliphatic heterocycles. The number of hydrogen-bond acceptors (Lipinski definition) is 4. The molecular weight excluding hydrogens is 719 g/mol. The topological polar surface area (TPSA) is 51.8 Å². The summed E-state index contributed by atoms with van der Waals surface area (Å²) in [5.41, 5.74) is 13.6. The number of nitrogens with zero attached hydrogens (tertiary/aromatic N) is 3. The molecule has 276 valence electrons. The number of hydrogen-bond donors (Lipinski definition) is 0.